The highest BCUT2D eigenvalue weighted by atomic mass is 16.5. The van der Waals surface area contributed by atoms with Gasteiger partial charge in [0.25, 0.3) is 11.8 Å². The molecule has 6 N–H and O–H groups in total. The van der Waals surface area contributed by atoms with Gasteiger partial charge in [-0.15, -0.1) is 0 Å². The molecule has 1 aliphatic rings. The third-order valence-electron chi connectivity index (χ3n) is 5.40. The number of carbonyl (C=O) groups excluding carboxylic acids is 2. The van der Waals surface area contributed by atoms with E-state index in [4.69, 9.17) is 15.6 Å². The number of H-pyrrole nitrogens is 1. The van der Waals surface area contributed by atoms with E-state index in [-0.39, 0.29) is 46.8 Å². The molecule has 2 aromatic heterocycles. The molecule has 3 heterocycles. The van der Waals surface area contributed by atoms with Crippen molar-refractivity contribution in [3.8, 4) is 5.75 Å². The summed E-state index contributed by atoms with van der Waals surface area (Å²) in [6.07, 6.45) is 2.41. The molecular formula is C23H28N6O5. The minimum Gasteiger partial charge on any atom is -0.482 e. The van der Waals surface area contributed by atoms with Crippen molar-refractivity contribution in [1.82, 2.24) is 20.3 Å². The van der Waals surface area contributed by atoms with Gasteiger partial charge >= 0.3 is 5.97 Å². The number of nitrogens with one attached hydrogen (secondary N) is 3. The zero-order valence-electron chi connectivity index (χ0n) is 19.4. The maximum Gasteiger partial charge on any atom is 0.339 e. The molecule has 1 atom stereocenters. The number of aromatic carboxylic acids is 1. The summed E-state index contributed by atoms with van der Waals surface area (Å²) in [4.78, 5) is 45.7. The van der Waals surface area contributed by atoms with E-state index >= 15 is 0 Å². The molecule has 180 valence electrons. The summed E-state index contributed by atoms with van der Waals surface area (Å²) in [6.45, 7) is 8.59. The minimum absolute atomic E-state index is 0.0265. The molecule has 0 saturated heterocycles. The number of ether oxygens (including phenoxy) is 1. The van der Waals surface area contributed by atoms with Crippen molar-refractivity contribution in [2.75, 3.05) is 11.9 Å². The molecule has 1 aliphatic heterocycles. The van der Waals surface area contributed by atoms with Crippen LogP contribution in [0.3, 0.4) is 0 Å². The van der Waals surface area contributed by atoms with E-state index in [1.54, 1.807) is 18.2 Å². The normalized spacial score (nSPS) is 13.6. The van der Waals surface area contributed by atoms with E-state index < -0.39 is 11.9 Å². The van der Waals surface area contributed by atoms with Gasteiger partial charge in [-0.1, -0.05) is 26.8 Å². The Morgan fingerprint density at radius 3 is 2.65 bits per heavy atom. The zero-order chi connectivity index (χ0) is 25.0. The highest BCUT2D eigenvalue weighted by molar-refractivity contribution is 6.08. The largest absolute Gasteiger partial charge is 0.482 e. The standard InChI is InChI=1S/C17H13N5O5.C6H15N/c23-12-6-27-11-2-1-8(3-10(11)22-12)4-19-16(24)15-14-13(20-7-21-15)9(5-18-14)17(25)26;1-5(7)6(2,3)4/h1-3,5,7,18H,4,6H2,(H,19,24)(H,22,23)(H,25,26);5H,7H2,1-4H3/t;5-/m.1/s1. The van der Waals surface area contributed by atoms with Gasteiger partial charge in [-0.3, -0.25) is 9.59 Å². The molecule has 0 saturated carbocycles. The van der Waals surface area contributed by atoms with Gasteiger partial charge in [-0.05, 0) is 30.0 Å². The molecular weight excluding hydrogens is 440 g/mol. The fourth-order valence-corrected chi connectivity index (χ4v) is 2.78. The number of benzene rings is 1. The summed E-state index contributed by atoms with van der Waals surface area (Å²) in [7, 11) is 0. The highest BCUT2D eigenvalue weighted by Crippen LogP contribution is 2.28. The number of anilines is 1. The third-order valence-corrected chi connectivity index (χ3v) is 5.40. The van der Waals surface area contributed by atoms with Crippen LogP contribution in [0, 0.1) is 5.41 Å². The van der Waals surface area contributed by atoms with Gasteiger partial charge in [0, 0.05) is 18.8 Å². The average Bonchev–Trinajstić information content (AvgIpc) is 3.21. The molecule has 11 heteroatoms. The molecule has 0 radical (unpaired) electrons. The molecule has 4 rings (SSSR count). The molecule has 1 aromatic carbocycles. The van der Waals surface area contributed by atoms with Crippen LogP contribution in [0.25, 0.3) is 11.0 Å². The van der Waals surface area contributed by atoms with Crippen LogP contribution in [0.5, 0.6) is 5.75 Å². The zero-order valence-corrected chi connectivity index (χ0v) is 19.4. The van der Waals surface area contributed by atoms with Crippen LogP contribution in [0.1, 0.15) is 54.1 Å². The van der Waals surface area contributed by atoms with Gasteiger partial charge in [0.15, 0.2) is 12.3 Å². The highest BCUT2D eigenvalue weighted by Gasteiger charge is 2.20. The van der Waals surface area contributed by atoms with Crippen molar-refractivity contribution in [3.05, 3.63) is 47.5 Å². The van der Waals surface area contributed by atoms with Gasteiger partial charge in [0.05, 0.1) is 11.2 Å². The Morgan fingerprint density at radius 1 is 1.29 bits per heavy atom. The fourth-order valence-electron chi connectivity index (χ4n) is 2.78. The molecule has 0 unspecified atom stereocenters. The van der Waals surface area contributed by atoms with Crippen LogP contribution in [0.2, 0.25) is 0 Å². The maximum atomic E-state index is 12.5. The number of carbonyl (C=O) groups is 3. The topological polar surface area (TPSA) is 172 Å². The number of amides is 2. The Hall–Kier alpha value is -3.99. The number of hydrogen-bond donors (Lipinski definition) is 5. The number of aromatic amines is 1. The predicted octanol–water partition coefficient (Wildman–Crippen LogP) is 2.30. The Labute approximate surface area is 196 Å². The summed E-state index contributed by atoms with van der Waals surface area (Å²) >= 11 is 0. The van der Waals surface area contributed by atoms with Crippen LogP contribution in [0.4, 0.5) is 5.69 Å². The number of rotatable bonds is 4. The Kier molecular flexibility index (Phi) is 7.16. The summed E-state index contributed by atoms with van der Waals surface area (Å²) in [6, 6.07) is 5.49. The molecule has 0 aliphatic carbocycles. The molecule has 34 heavy (non-hydrogen) atoms. The van der Waals surface area contributed by atoms with Crippen molar-refractivity contribution in [2.24, 2.45) is 11.1 Å². The van der Waals surface area contributed by atoms with Crippen LogP contribution in [-0.2, 0) is 11.3 Å². The molecule has 3 aromatic rings. The minimum atomic E-state index is -1.15. The SMILES string of the molecule is C[C@@H](N)C(C)(C)C.O=C1COc2ccc(CNC(=O)c3ncnc4c(C(=O)O)c[nH]c34)cc2N1. The molecule has 0 bridgehead atoms. The molecule has 0 fully saturated rings. The predicted molar refractivity (Wildman–Crippen MR) is 126 cm³/mol. The number of nitrogens with zero attached hydrogens (tertiary/aromatic N) is 2. The van der Waals surface area contributed by atoms with Gasteiger partial charge in [-0.25, -0.2) is 14.8 Å². The van der Waals surface area contributed by atoms with Crippen molar-refractivity contribution >= 4 is 34.5 Å². The lowest BCUT2D eigenvalue weighted by molar-refractivity contribution is -0.118. The summed E-state index contributed by atoms with van der Waals surface area (Å²) < 4.78 is 5.29. The van der Waals surface area contributed by atoms with Crippen molar-refractivity contribution < 1.29 is 24.2 Å². The van der Waals surface area contributed by atoms with E-state index in [1.807, 2.05) is 6.92 Å². The Bertz CT molecular complexity index is 1230. The second-order valence-electron chi connectivity index (χ2n) is 8.96. The van der Waals surface area contributed by atoms with E-state index in [9.17, 15) is 14.4 Å². The Balaban J connectivity index is 0.000000406. The number of aromatic nitrogens is 3. The first-order valence-corrected chi connectivity index (χ1v) is 10.6. The van der Waals surface area contributed by atoms with Crippen LogP contribution in [-0.4, -0.2) is 50.5 Å². The van der Waals surface area contributed by atoms with Crippen molar-refractivity contribution in [2.45, 2.75) is 40.3 Å². The third kappa shape index (κ3) is 5.67. The van der Waals surface area contributed by atoms with E-state index in [0.717, 1.165) is 11.9 Å². The first-order chi connectivity index (χ1) is 16.0. The van der Waals surface area contributed by atoms with Gasteiger partial charge in [0.2, 0.25) is 0 Å². The summed E-state index contributed by atoms with van der Waals surface area (Å²) in [5.74, 6) is -1.31. The van der Waals surface area contributed by atoms with Crippen LogP contribution in [0.15, 0.2) is 30.7 Å². The number of hydrogen-bond acceptors (Lipinski definition) is 7. The lowest BCUT2D eigenvalue weighted by Gasteiger charge is -2.22. The van der Waals surface area contributed by atoms with E-state index in [1.165, 1.54) is 6.20 Å². The molecule has 11 nitrogen and oxygen atoms in total. The first kappa shape index (κ1) is 24.6. The number of carboxylic acids is 1. The van der Waals surface area contributed by atoms with E-state index in [0.29, 0.717) is 17.5 Å². The van der Waals surface area contributed by atoms with Crippen molar-refractivity contribution in [1.29, 1.82) is 0 Å². The second kappa shape index (κ2) is 9.87. The van der Waals surface area contributed by atoms with Gasteiger partial charge in [-0.2, -0.15) is 0 Å². The molecule has 0 spiro atoms. The fraction of sp³-hybridized carbons (Fsp3) is 0.348. The van der Waals surface area contributed by atoms with Crippen LogP contribution < -0.4 is 21.1 Å². The van der Waals surface area contributed by atoms with Crippen LogP contribution >= 0.6 is 0 Å². The smallest absolute Gasteiger partial charge is 0.339 e. The molecule has 2 amide bonds. The number of carboxylic acid groups (broad SMARTS) is 1. The van der Waals surface area contributed by atoms with Crippen molar-refractivity contribution in [3.63, 3.8) is 0 Å². The first-order valence-electron chi connectivity index (χ1n) is 10.6. The monoisotopic (exact) mass is 468 g/mol. The van der Waals surface area contributed by atoms with Gasteiger partial charge in [0.1, 0.15) is 23.2 Å². The average molecular weight is 469 g/mol. The second-order valence-corrected chi connectivity index (χ2v) is 8.96. The quantitative estimate of drug-likeness (QED) is 0.388. The maximum absolute atomic E-state index is 12.5. The summed E-state index contributed by atoms with van der Waals surface area (Å²) in [5.41, 5.74) is 7.55. The number of fused-ring (bicyclic) bond motifs is 2. The van der Waals surface area contributed by atoms with Gasteiger partial charge < -0.3 is 31.2 Å². The number of nitrogens with two attached hydrogens (primary N) is 1. The lowest BCUT2D eigenvalue weighted by Crippen LogP contribution is -2.31. The Morgan fingerprint density at radius 2 is 2.00 bits per heavy atom. The van der Waals surface area contributed by atoms with E-state index in [2.05, 4.69) is 46.4 Å². The summed E-state index contributed by atoms with van der Waals surface area (Å²) in [5, 5.41) is 14.6. The lowest BCUT2D eigenvalue weighted by atomic mass is 9.89.